The summed E-state index contributed by atoms with van der Waals surface area (Å²) in [6.45, 7) is 20.4. The Balaban J connectivity index is 1.67. The van der Waals surface area contributed by atoms with Crippen LogP contribution in [0.25, 0.3) is 21.9 Å². The van der Waals surface area contributed by atoms with Gasteiger partial charge in [-0.3, -0.25) is 47.9 Å². The van der Waals surface area contributed by atoms with Gasteiger partial charge in [-0.15, -0.1) is 0 Å². The fraction of sp³-hybridized carbons (Fsp3) is 0.656. The zero-order valence-electron chi connectivity index (χ0n) is 56.5. The second kappa shape index (κ2) is 34.9. The van der Waals surface area contributed by atoms with Gasteiger partial charge in [-0.05, 0) is 99.6 Å². The summed E-state index contributed by atoms with van der Waals surface area (Å²) in [4.78, 5) is 135. The van der Waals surface area contributed by atoms with Gasteiger partial charge >= 0.3 is 0 Å². The second-order valence-electron chi connectivity index (χ2n) is 27.3. The summed E-state index contributed by atoms with van der Waals surface area (Å²) in [7, 11) is 11.7. The Kier molecular flexibility index (Phi) is 29.9. The number of nitrogens with zero attached hydrogens (tertiary/aromatic N) is 2. The van der Waals surface area contributed by atoms with Crippen LogP contribution in [0.2, 0.25) is 0 Å². The smallest absolute Gasteiger partial charge is 0.245 e. The molecule has 27 heteroatoms. The summed E-state index contributed by atoms with van der Waals surface area (Å²) >= 11 is 0. The lowest BCUT2D eigenvalue weighted by Gasteiger charge is -2.30. The van der Waals surface area contributed by atoms with Crippen LogP contribution < -0.4 is 53.2 Å². The number of carbonyl (C=O) groups is 10. The van der Waals surface area contributed by atoms with Gasteiger partial charge in [0, 0.05) is 23.6 Å². The minimum atomic E-state index is -1.56. The van der Waals surface area contributed by atoms with E-state index in [0.717, 1.165) is 21.9 Å². The molecule has 10 amide bonds. The van der Waals surface area contributed by atoms with E-state index in [0.29, 0.717) is 33.2 Å². The van der Waals surface area contributed by atoms with Gasteiger partial charge in [-0.2, -0.15) is 0 Å². The summed E-state index contributed by atoms with van der Waals surface area (Å²) in [5.41, 5.74) is 2.67. The van der Waals surface area contributed by atoms with E-state index in [1.807, 2.05) is 66.6 Å². The Labute approximate surface area is 535 Å². The molecule has 14 N–H and O–H groups in total. The SMILES string of the molecule is CC(C)[C@H](NC(=O)CCc1ccc2oc3ccc(CCC(=O)N[C@H](C(=O)N[C@H](C(=O)N[C@H](C(=O)N[C@H](C(=O)NCC[N+](C)(C)C)[C@@H](C)O)C(C)C)[C@@H](C)O)C(C)C)cc3c2c1)C(=O)N[C@H](C(=O)N[C@H](C(=O)N[C@H](C(=O)NCC[N+](C)(C)C)[C@@H](C)O)C(C)C)[C@@H](C)O. The Bertz CT molecular complexity index is 2790. The molecule has 27 nitrogen and oxygen atoms in total. The molecule has 1 heterocycles. The molecule has 0 bridgehead atoms. The minimum absolute atomic E-state index is 0.0448. The number of aryl methyl sites for hydroxylation is 2. The molecule has 0 spiro atoms. The predicted octanol–water partition coefficient (Wildman–Crippen LogP) is -0.878. The molecule has 12 atom stereocenters. The first-order valence-electron chi connectivity index (χ1n) is 31.4. The average Bonchev–Trinajstić information content (AvgIpc) is 1.65. The van der Waals surface area contributed by atoms with E-state index in [2.05, 4.69) is 53.2 Å². The topological polar surface area (TPSA) is 385 Å². The zero-order valence-corrected chi connectivity index (χ0v) is 56.5. The third-order valence-electron chi connectivity index (χ3n) is 15.3. The van der Waals surface area contributed by atoms with Gasteiger partial charge in [-0.1, -0.05) is 67.5 Å². The Morgan fingerprint density at radius 2 is 0.604 bits per heavy atom. The highest BCUT2D eigenvalue weighted by atomic mass is 16.3. The fourth-order valence-corrected chi connectivity index (χ4v) is 9.66. The number of benzene rings is 2. The Morgan fingerprint density at radius 3 is 0.857 bits per heavy atom. The van der Waals surface area contributed by atoms with Crippen LogP contribution in [0, 0.1) is 23.7 Å². The molecule has 3 rings (SSSR count). The van der Waals surface area contributed by atoms with Crippen molar-refractivity contribution in [1.82, 2.24) is 53.2 Å². The van der Waals surface area contributed by atoms with Gasteiger partial charge in [0.05, 0.1) is 92.9 Å². The van der Waals surface area contributed by atoms with Crippen LogP contribution in [0.4, 0.5) is 0 Å². The number of hydrogen-bond acceptors (Lipinski definition) is 15. The summed E-state index contributed by atoms with van der Waals surface area (Å²) in [5.74, 6) is -9.07. The summed E-state index contributed by atoms with van der Waals surface area (Å²) in [5, 5.41) is 70.0. The maximum Gasteiger partial charge on any atom is 0.245 e. The zero-order chi connectivity index (χ0) is 69.2. The quantitative estimate of drug-likeness (QED) is 0.0315. The van der Waals surface area contributed by atoms with Gasteiger partial charge in [-0.25, -0.2) is 0 Å². The highest BCUT2D eigenvalue weighted by Crippen LogP contribution is 2.31. The monoisotopic (exact) mass is 1280 g/mol. The molecule has 3 aromatic rings. The lowest BCUT2D eigenvalue weighted by atomic mass is 9.99. The van der Waals surface area contributed by atoms with E-state index >= 15 is 0 Å². The van der Waals surface area contributed by atoms with E-state index < -0.39 is 155 Å². The number of aliphatic hydroxyl groups is 4. The van der Waals surface area contributed by atoms with Crippen molar-refractivity contribution in [2.45, 2.75) is 182 Å². The molecule has 91 heavy (non-hydrogen) atoms. The fourth-order valence-electron chi connectivity index (χ4n) is 9.66. The summed E-state index contributed by atoms with van der Waals surface area (Å²) < 4.78 is 7.24. The van der Waals surface area contributed by atoms with Crippen molar-refractivity contribution in [2.24, 2.45) is 23.7 Å². The number of amides is 10. The number of carbonyl (C=O) groups excluding carboxylic acids is 10. The van der Waals surface area contributed by atoms with Crippen LogP contribution in [0.5, 0.6) is 0 Å². The molecular formula is C64H106N12O15+2. The number of furan rings is 1. The van der Waals surface area contributed by atoms with Crippen LogP contribution >= 0.6 is 0 Å². The third kappa shape index (κ3) is 25.0. The van der Waals surface area contributed by atoms with Crippen molar-refractivity contribution >= 4 is 81.0 Å². The summed E-state index contributed by atoms with van der Waals surface area (Å²) in [6, 6.07) is 0.369. The molecule has 0 aliphatic rings. The maximum absolute atomic E-state index is 13.8. The van der Waals surface area contributed by atoms with Gasteiger partial charge < -0.3 is 87.0 Å². The number of aliphatic hydroxyl groups excluding tert-OH is 4. The molecule has 0 aliphatic carbocycles. The summed E-state index contributed by atoms with van der Waals surface area (Å²) in [6.07, 6.45) is -5.06. The molecule has 0 unspecified atom stereocenters. The highest BCUT2D eigenvalue weighted by Gasteiger charge is 2.38. The Hall–Kier alpha value is -7.30. The van der Waals surface area contributed by atoms with Crippen molar-refractivity contribution in [1.29, 1.82) is 0 Å². The molecular weight excluding hydrogens is 1180 g/mol. The van der Waals surface area contributed by atoms with Crippen LogP contribution in [-0.2, 0) is 60.8 Å². The van der Waals surface area contributed by atoms with Crippen LogP contribution in [-0.4, -0.2) is 230 Å². The van der Waals surface area contributed by atoms with Gasteiger partial charge in [0.15, 0.2) is 0 Å². The molecule has 0 saturated heterocycles. The number of fused-ring (bicyclic) bond motifs is 3. The maximum atomic E-state index is 13.8. The average molecular weight is 1280 g/mol. The molecule has 0 aliphatic heterocycles. The lowest BCUT2D eigenvalue weighted by Crippen LogP contribution is -2.62. The van der Waals surface area contributed by atoms with Crippen molar-refractivity contribution < 1.29 is 81.8 Å². The standard InChI is InChI=1S/C64H104N12O15/c1-33(2)49(59(85)73-55(39(11)79)63(89)69-51(35(5)6)61(87)71-53(37(9)77)57(83)65-27-29-75(13,14)15)67-47(81)25-21-41-19-23-45-43(31-41)44-32-42(20-24-46(44)91-45)22-26-48(82)68-50(34(3)4)60(86)74-56(40(12)80)64(90)70-52(36(7)8)62(88)72-54(38(10)78)58(84)66-28-30-76(16,17)18/h19-20,23-24,31-40,49-56,77-80H,21-22,25-30H2,1-18H3,(H8-2,65,66,67,68,69,70,71,72,73,74,81,82,83,84,85,86,87,88,89,90)/p+2/t37-,38-,39-,40-,49+,50+,51+,52+,53+,54+,55+,56+/m1/s1. The van der Waals surface area contributed by atoms with E-state index in [9.17, 15) is 68.4 Å². The molecule has 1 aromatic heterocycles. The number of nitrogens with one attached hydrogen (secondary N) is 10. The van der Waals surface area contributed by atoms with Crippen LogP contribution in [0.3, 0.4) is 0 Å². The van der Waals surface area contributed by atoms with Crippen molar-refractivity contribution in [2.75, 3.05) is 68.5 Å². The number of hydrogen-bond donors (Lipinski definition) is 14. The Morgan fingerprint density at radius 1 is 0.363 bits per heavy atom. The minimum Gasteiger partial charge on any atom is -0.456 e. The number of likely N-dealkylation sites (N-methyl/N-ethyl adjacent to an activating group) is 2. The van der Waals surface area contributed by atoms with Gasteiger partial charge in [0.25, 0.3) is 0 Å². The van der Waals surface area contributed by atoms with Gasteiger partial charge in [0.1, 0.15) is 59.5 Å². The van der Waals surface area contributed by atoms with Crippen molar-refractivity contribution in [3.8, 4) is 0 Å². The van der Waals surface area contributed by atoms with E-state index in [-0.39, 0.29) is 38.8 Å². The first-order valence-corrected chi connectivity index (χ1v) is 31.4. The molecule has 0 fully saturated rings. The molecule has 0 radical (unpaired) electrons. The van der Waals surface area contributed by atoms with Crippen molar-refractivity contribution in [3.63, 3.8) is 0 Å². The van der Waals surface area contributed by atoms with E-state index in [1.54, 1.807) is 67.5 Å². The second-order valence-corrected chi connectivity index (χ2v) is 27.3. The molecule has 2 aromatic carbocycles. The normalized spacial score (nSPS) is 16.0. The number of quaternary nitrogens is 2. The molecule has 510 valence electrons. The van der Waals surface area contributed by atoms with E-state index in [1.165, 1.54) is 27.7 Å². The van der Waals surface area contributed by atoms with Crippen LogP contribution in [0.1, 0.15) is 107 Å². The lowest BCUT2D eigenvalue weighted by molar-refractivity contribution is -0.869. The predicted molar refractivity (Wildman–Crippen MR) is 344 cm³/mol. The first-order chi connectivity index (χ1) is 42.1. The molecule has 0 saturated carbocycles. The third-order valence-corrected chi connectivity index (χ3v) is 15.3. The van der Waals surface area contributed by atoms with Crippen molar-refractivity contribution in [3.05, 3.63) is 47.5 Å². The van der Waals surface area contributed by atoms with E-state index in [4.69, 9.17) is 4.42 Å². The van der Waals surface area contributed by atoms with Gasteiger partial charge in [0.2, 0.25) is 59.1 Å². The first kappa shape index (κ1) is 77.9. The largest absolute Gasteiger partial charge is 0.456 e. The highest BCUT2D eigenvalue weighted by molar-refractivity contribution is 6.05. The van der Waals surface area contributed by atoms with Crippen LogP contribution in [0.15, 0.2) is 40.8 Å². The number of rotatable bonds is 36.